The van der Waals surface area contributed by atoms with Gasteiger partial charge >= 0.3 is 12.0 Å². The minimum atomic E-state index is -0.569. The molecule has 2 heterocycles. The zero-order chi connectivity index (χ0) is 14.8. The number of pyridine rings is 1. The van der Waals surface area contributed by atoms with Gasteiger partial charge in [-0.25, -0.2) is 9.36 Å². The van der Waals surface area contributed by atoms with Crippen molar-refractivity contribution in [3.8, 4) is 17.3 Å². The molecule has 0 atom stereocenters. The van der Waals surface area contributed by atoms with Gasteiger partial charge in [0.1, 0.15) is 0 Å². The van der Waals surface area contributed by atoms with Crippen molar-refractivity contribution in [2.45, 2.75) is 25.7 Å². The van der Waals surface area contributed by atoms with Gasteiger partial charge in [0.15, 0.2) is 0 Å². The molecule has 0 radical (unpaired) electrons. The summed E-state index contributed by atoms with van der Waals surface area (Å²) in [4.78, 5) is 20.3. The number of rotatable bonds is 5. The summed E-state index contributed by atoms with van der Waals surface area (Å²) in [5.74, 6) is 0.758. The lowest BCUT2D eigenvalue weighted by molar-refractivity contribution is 0.245. The minimum Gasteiger partial charge on any atom is -0.468 e. The molecule has 1 aliphatic carbocycles. The normalized spacial score (nSPS) is 14.1. The Morgan fingerprint density at radius 3 is 2.90 bits per heavy atom. The first-order chi connectivity index (χ1) is 10.2. The number of nitrogens with two attached hydrogens (primary N) is 1. The van der Waals surface area contributed by atoms with Crippen LogP contribution in [-0.4, -0.2) is 27.7 Å². The number of aromatic nitrogens is 3. The second kappa shape index (κ2) is 5.55. The fourth-order valence-corrected chi connectivity index (χ4v) is 2.51. The van der Waals surface area contributed by atoms with Crippen LogP contribution < -0.4 is 10.5 Å². The molecule has 110 valence electrons. The van der Waals surface area contributed by atoms with E-state index in [1.807, 2.05) is 12.1 Å². The van der Waals surface area contributed by atoms with Crippen molar-refractivity contribution in [2.24, 2.45) is 11.7 Å². The standard InChI is InChI=1S/C15H18N4O2/c1-21-15-18-13(11-3-2-8-17-9-11)12(19(15)14(16)20)7-6-10-4-5-10/h2-3,8-10H,4-7H2,1H3,(H2,16,20). The fraction of sp³-hybridized carbons (Fsp3) is 0.400. The van der Waals surface area contributed by atoms with Crippen molar-refractivity contribution in [2.75, 3.05) is 7.11 Å². The second-order valence-corrected chi connectivity index (χ2v) is 5.29. The molecule has 0 bridgehead atoms. The first kappa shape index (κ1) is 13.6. The van der Waals surface area contributed by atoms with Crippen molar-refractivity contribution < 1.29 is 9.53 Å². The highest BCUT2D eigenvalue weighted by molar-refractivity contribution is 5.80. The molecule has 3 rings (SSSR count). The molecule has 6 heteroatoms. The molecule has 6 nitrogen and oxygen atoms in total. The van der Waals surface area contributed by atoms with E-state index in [9.17, 15) is 4.79 Å². The predicted octanol–water partition coefficient (Wildman–Crippen LogP) is 2.22. The van der Waals surface area contributed by atoms with Crippen LogP contribution in [0.25, 0.3) is 11.3 Å². The van der Waals surface area contributed by atoms with Gasteiger partial charge in [-0.1, -0.05) is 12.8 Å². The van der Waals surface area contributed by atoms with Crippen molar-refractivity contribution in [1.29, 1.82) is 0 Å². The Labute approximate surface area is 123 Å². The molecule has 0 saturated heterocycles. The van der Waals surface area contributed by atoms with E-state index in [-0.39, 0.29) is 6.01 Å². The van der Waals surface area contributed by atoms with E-state index in [1.54, 1.807) is 12.4 Å². The molecule has 0 spiro atoms. The fourth-order valence-electron chi connectivity index (χ4n) is 2.51. The van der Waals surface area contributed by atoms with Crippen LogP contribution in [0.1, 0.15) is 25.0 Å². The van der Waals surface area contributed by atoms with Crippen molar-refractivity contribution in [3.63, 3.8) is 0 Å². The van der Waals surface area contributed by atoms with E-state index in [0.717, 1.165) is 35.7 Å². The number of ether oxygens (including phenoxy) is 1. The Hall–Kier alpha value is -2.37. The summed E-state index contributed by atoms with van der Waals surface area (Å²) in [6, 6.07) is 3.42. The van der Waals surface area contributed by atoms with Gasteiger partial charge in [-0.2, -0.15) is 4.98 Å². The first-order valence-electron chi connectivity index (χ1n) is 7.06. The molecule has 1 fully saturated rings. The van der Waals surface area contributed by atoms with Crippen molar-refractivity contribution in [3.05, 3.63) is 30.2 Å². The third-order valence-electron chi connectivity index (χ3n) is 3.77. The van der Waals surface area contributed by atoms with E-state index in [2.05, 4.69) is 9.97 Å². The predicted molar refractivity (Wildman–Crippen MR) is 78.0 cm³/mol. The van der Waals surface area contributed by atoms with Gasteiger partial charge in [-0.05, 0) is 30.9 Å². The molecular weight excluding hydrogens is 268 g/mol. The Bertz CT molecular complexity index is 647. The molecule has 1 amide bonds. The van der Waals surface area contributed by atoms with E-state index in [1.165, 1.54) is 24.5 Å². The maximum Gasteiger partial charge on any atom is 0.327 e. The third-order valence-corrected chi connectivity index (χ3v) is 3.77. The van der Waals surface area contributed by atoms with E-state index in [0.29, 0.717) is 0 Å². The zero-order valence-corrected chi connectivity index (χ0v) is 12.0. The van der Waals surface area contributed by atoms with Gasteiger partial charge in [0.05, 0.1) is 18.5 Å². The molecule has 0 unspecified atom stereocenters. The smallest absolute Gasteiger partial charge is 0.327 e. The van der Waals surface area contributed by atoms with E-state index < -0.39 is 6.03 Å². The molecule has 0 aliphatic heterocycles. The Kier molecular flexibility index (Phi) is 3.60. The molecule has 2 N–H and O–H groups in total. The lowest BCUT2D eigenvalue weighted by atomic mass is 10.1. The van der Waals surface area contributed by atoms with Crippen LogP contribution >= 0.6 is 0 Å². The summed E-state index contributed by atoms with van der Waals surface area (Å²) in [5, 5.41) is 0. The molecule has 1 saturated carbocycles. The quantitative estimate of drug-likeness (QED) is 0.913. The molecule has 2 aromatic heterocycles. The van der Waals surface area contributed by atoms with Gasteiger partial charge in [-0.3, -0.25) is 4.98 Å². The van der Waals surface area contributed by atoms with Crippen LogP contribution in [0, 0.1) is 5.92 Å². The number of carbonyl (C=O) groups is 1. The summed E-state index contributed by atoms with van der Waals surface area (Å²) >= 11 is 0. The number of amides is 1. The third kappa shape index (κ3) is 2.74. The number of primary amides is 1. The van der Waals surface area contributed by atoms with Crippen LogP contribution in [0.2, 0.25) is 0 Å². The van der Waals surface area contributed by atoms with Gasteiger partial charge in [0.25, 0.3) is 0 Å². The van der Waals surface area contributed by atoms with E-state index in [4.69, 9.17) is 10.5 Å². The Balaban J connectivity index is 2.06. The number of imidazole rings is 1. The van der Waals surface area contributed by atoms with Crippen LogP contribution in [0.4, 0.5) is 4.79 Å². The topological polar surface area (TPSA) is 83.0 Å². The summed E-state index contributed by atoms with van der Waals surface area (Å²) in [5.41, 5.74) is 7.88. The maximum atomic E-state index is 11.8. The zero-order valence-electron chi connectivity index (χ0n) is 12.0. The minimum absolute atomic E-state index is 0.229. The first-order valence-corrected chi connectivity index (χ1v) is 7.06. The maximum absolute atomic E-state index is 11.8. The average Bonchev–Trinajstić information content (AvgIpc) is 3.25. The second-order valence-electron chi connectivity index (χ2n) is 5.29. The number of hydrogen-bond donors (Lipinski definition) is 1. The molecule has 0 aromatic carbocycles. The summed E-state index contributed by atoms with van der Waals surface area (Å²) in [6.45, 7) is 0. The van der Waals surface area contributed by atoms with Crippen LogP contribution in [0.5, 0.6) is 6.01 Å². The van der Waals surface area contributed by atoms with E-state index >= 15 is 0 Å². The molecular formula is C15H18N4O2. The monoisotopic (exact) mass is 286 g/mol. The van der Waals surface area contributed by atoms with Gasteiger partial charge < -0.3 is 10.5 Å². The number of hydrogen-bond acceptors (Lipinski definition) is 4. The summed E-state index contributed by atoms with van der Waals surface area (Å²) in [7, 11) is 1.49. The van der Waals surface area contributed by atoms with Crippen LogP contribution in [0.15, 0.2) is 24.5 Å². The number of methoxy groups -OCH3 is 1. The Morgan fingerprint density at radius 1 is 1.52 bits per heavy atom. The van der Waals surface area contributed by atoms with Gasteiger partial charge in [0.2, 0.25) is 0 Å². The number of nitrogens with zero attached hydrogens (tertiary/aromatic N) is 3. The van der Waals surface area contributed by atoms with Gasteiger partial charge in [0, 0.05) is 18.0 Å². The van der Waals surface area contributed by atoms with Gasteiger partial charge in [-0.15, -0.1) is 0 Å². The highest BCUT2D eigenvalue weighted by Gasteiger charge is 2.26. The molecule has 1 aliphatic rings. The largest absolute Gasteiger partial charge is 0.468 e. The lowest BCUT2D eigenvalue weighted by Crippen LogP contribution is -2.22. The summed E-state index contributed by atoms with van der Waals surface area (Å²) < 4.78 is 6.57. The highest BCUT2D eigenvalue weighted by Crippen LogP contribution is 2.35. The molecule has 21 heavy (non-hydrogen) atoms. The van der Waals surface area contributed by atoms with Crippen LogP contribution in [-0.2, 0) is 6.42 Å². The lowest BCUT2D eigenvalue weighted by Gasteiger charge is -2.07. The average molecular weight is 286 g/mol. The van der Waals surface area contributed by atoms with Crippen LogP contribution in [0.3, 0.4) is 0 Å². The van der Waals surface area contributed by atoms with Crippen molar-refractivity contribution in [1.82, 2.24) is 14.5 Å². The highest BCUT2D eigenvalue weighted by atomic mass is 16.5. The SMILES string of the molecule is COc1nc(-c2cccnc2)c(CCC2CC2)n1C(N)=O. The molecule has 2 aromatic rings. The van der Waals surface area contributed by atoms with Crippen molar-refractivity contribution >= 4 is 6.03 Å². The number of carbonyl (C=O) groups excluding carboxylic acids is 1. The summed E-state index contributed by atoms with van der Waals surface area (Å²) in [6.07, 6.45) is 7.77. The Morgan fingerprint density at radius 2 is 2.33 bits per heavy atom.